The van der Waals surface area contributed by atoms with E-state index in [1.165, 1.54) is 6.92 Å². The highest BCUT2D eigenvalue weighted by Gasteiger charge is 2.30. The van der Waals surface area contributed by atoms with Gasteiger partial charge in [0.15, 0.2) is 0 Å². The summed E-state index contributed by atoms with van der Waals surface area (Å²) in [5.41, 5.74) is -1.55. The number of rotatable bonds is 5. The SMILES string of the molecule is COC(=O)Nc1cc(NC(=O)OC(C)(C)C)c(C(C)C(=O)NCC(F)(F)F)cc1F. The van der Waals surface area contributed by atoms with Crippen LogP contribution in [0.2, 0.25) is 0 Å². The zero-order valence-electron chi connectivity index (χ0n) is 17.0. The van der Waals surface area contributed by atoms with Gasteiger partial charge >= 0.3 is 18.4 Å². The normalized spacial score (nSPS) is 12.6. The summed E-state index contributed by atoms with van der Waals surface area (Å²) in [6.45, 7) is 4.43. The molecule has 0 fully saturated rings. The highest BCUT2D eigenvalue weighted by atomic mass is 19.4. The van der Waals surface area contributed by atoms with Crippen molar-refractivity contribution in [2.75, 3.05) is 24.3 Å². The molecule has 0 aliphatic rings. The van der Waals surface area contributed by atoms with Gasteiger partial charge in [-0.15, -0.1) is 0 Å². The first kappa shape index (κ1) is 25.0. The summed E-state index contributed by atoms with van der Waals surface area (Å²) in [5.74, 6) is -3.33. The van der Waals surface area contributed by atoms with Gasteiger partial charge in [-0.3, -0.25) is 15.4 Å². The number of carbonyl (C=O) groups is 3. The predicted molar refractivity (Wildman–Crippen MR) is 99.8 cm³/mol. The van der Waals surface area contributed by atoms with E-state index in [-0.39, 0.29) is 16.9 Å². The number of anilines is 2. The fourth-order valence-electron chi connectivity index (χ4n) is 2.21. The predicted octanol–water partition coefficient (Wildman–Crippen LogP) is 4.13. The maximum Gasteiger partial charge on any atom is 0.412 e. The minimum Gasteiger partial charge on any atom is -0.453 e. The van der Waals surface area contributed by atoms with Crippen molar-refractivity contribution in [3.63, 3.8) is 0 Å². The van der Waals surface area contributed by atoms with E-state index in [9.17, 15) is 31.9 Å². The molecule has 0 saturated carbocycles. The molecule has 3 N–H and O–H groups in total. The Morgan fingerprint density at radius 1 is 1.03 bits per heavy atom. The standard InChI is InChI=1S/C18H23F4N3O5/c1-9(14(26)23-8-18(20,21)22)10-6-11(19)13(25-15(27)29-5)7-12(10)24-16(28)30-17(2,3)4/h6-7,9H,8H2,1-5H3,(H,23,26)(H,24,28)(H,25,27). The van der Waals surface area contributed by atoms with E-state index in [4.69, 9.17) is 4.74 Å². The zero-order chi connectivity index (χ0) is 23.3. The molecule has 1 unspecified atom stereocenters. The molecule has 0 aliphatic heterocycles. The molecule has 0 radical (unpaired) electrons. The molecule has 0 saturated heterocycles. The van der Waals surface area contributed by atoms with Crippen LogP contribution >= 0.6 is 0 Å². The van der Waals surface area contributed by atoms with Crippen LogP contribution in [0.5, 0.6) is 0 Å². The molecule has 8 nitrogen and oxygen atoms in total. The molecule has 12 heteroatoms. The third-order valence-corrected chi connectivity index (χ3v) is 3.52. The topological polar surface area (TPSA) is 106 Å². The maximum atomic E-state index is 14.4. The van der Waals surface area contributed by atoms with E-state index in [1.807, 2.05) is 0 Å². The number of nitrogens with one attached hydrogen (secondary N) is 3. The van der Waals surface area contributed by atoms with Crippen molar-refractivity contribution in [1.29, 1.82) is 0 Å². The van der Waals surface area contributed by atoms with Gasteiger partial charge in [0.1, 0.15) is 18.0 Å². The highest BCUT2D eigenvalue weighted by Crippen LogP contribution is 2.31. The van der Waals surface area contributed by atoms with Crippen molar-refractivity contribution in [2.45, 2.75) is 45.4 Å². The first-order valence-corrected chi connectivity index (χ1v) is 8.66. The van der Waals surface area contributed by atoms with Gasteiger partial charge in [-0.05, 0) is 45.4 Å². The van der Waals surface area contributed by atoms with E-state index in [2.05, 4.69) is 15.4 Å². The van der Waals surface area contributed by atoms with Gasteiger partial charge in [0.05, 0.1) is 24.4 Å². The molecule has 3 amide bonds. The highest BCUT2D eigenvalue weighted by molar-refractivity contribution is 5.93. The number of ether oxygens (including phenoxy) is 2. The Balaban J connectivity index is 3.27. The van der Waals surface area contributed by atoms with Gasteiger partial charge in [0.2, 0.25) is 5.91 Å². The van der Waals surface area contributed by atoms with E-state index >= 15 is 0 Å². The summed E-state index contributed by atoms with van der Waals surface area (Å²) >= 11 is 0. The van der Waals surface area contributed by atoms with Gasteiger partial charge in [0, 0.05) is 0 Å². The molecule has 0 aliphatic carbocycles. The van der Waals surface area contributed by atoms with E-state index in [0.717, 1.165) is 19.2 Å². The maximum absolute atomic E-state index is 14.4. The Bertz CT molecular complexity index is 806. The van der Waals surface area contributed by atoms with Gasteiger partial charge in [-0.2, -0.15) is 13.2 Å². The molecule has 30 heavy (non-hydrogen) atoms. The lowest BCUT2D eigenvalue weighted by Crippen LogP contribution is -2.36. The zero-order valence-corrected chi connectivity index (χ0v) is 17.0. The molecule has 0 bridgehead atoms. The van der Waals surface area contributed by atoms with Gasteiger partial charge < -0.3 is 14.8 Å². The van der Waals surface area contributed by atoms with Crippen LogP contribution in [0.25, 0.3) is 0 Å². The van der Waals surface area contributed by atoms with Crippen molar-refractivity contribution in [3.8, 4) is 0 Å². The fraction of sp³-hybridized carbons (Fsp3) is 0.500. The first-order valence-electron chi connectivity index (χ1n) is 8.66. The number of methoxy groups -OCH3 is 1. The number of benzene rings is 1. The van der Waals surface area contributed by atoms with E-state index in [0.29, 0.717) is 0 Å². The van der Waals surface area contributed by atoms with Crippen LogP contribution in [-0.2, 0) is 14.3 Å². The number of hydrogen-bond donors (Lipinski definition) is 3. The smallest absolute Gasteiger partial charge is 0.412 e. The first-order chi connectivity index (χ1) is 13.6. The van der Waals surface area contributed by atoms with Crippen molar-refractivity contribution in [3.05, 3.63) is 23.5 Å². The minimum absolute atomic E-state index is 0.131. The van der Waals surface area contributed by atoms with Crippen LogP contribution < -0.4 is 16.0 Å². The number of carbonyl (C=O) groups excluding carboxylic acids is 3. The average Bonchev–Trinajstić information content (AvgIpc) is 2.59. The second-order valence-corrected chi connectivity index (χ2v) is 7.22. The molecule has 1 rings (SSSR count). The Labute approximate surface area is 170 Å². The van der Waals surface area contributed by atoms with Crippen LogP contribution in [0.15, 0.2) is 12.1 Å². The minimum atomic E-state index is -4.63. The summed E-state index contributed by atoms with van der Waals surface area (Å²) in [6, 6.07) is 1.81. The lowest BCUT2D eigenvalue weighted by molar-refractivity contribution is -0.139. The Morgan fingerprint density at radius 3 is 2.10 bits per heavy atom. The number of alkyl halides is 3. The number of amides is 3. The van der Waals surface area contributed by atoms with Gasteiger partial charge in [-0.25, -0.2) is 14.0 Å². The third kappa shape index (κ3) is 8.13. The van der Waals surface area contributed by atoms with E-state index < -0.39 is 48.2 Å². The number of hydrogen-bond acceptors (Lipinski definition) is 5. The summed E-state index contributed by atoms with van der Waals surface area (Å²) in [4.78, 5) is 35.6. The third-order valence-electron chi connectivity index (χ3n) is 3.52. The van der Waals surface area contributed by atoms with Crippen LogP contribution in [0.4, 0.5) is 38.5 Å². The molecule has 168 valence electrons. The molecular weight excluding hydrogens is 414 g/mol. The van der Waals surface area contributed by atoms with Crippen LogP contribution in [0, 0.1) is 5.82 Å². The summed E-state index contributed by atoms with van der Waals surface area (Å²) < 4.78 is 61.0. The quantitative estimate of drug-likeness (QED) is 0.601. The molecule has 0 heterocycles. The monoisotopic (exact) mass is 437 g/mol. The second kappa shape index (κ2) is 9.63. The fourth-order valence-corrected chi connectivity index (χ4v) is 2.21. The van der Waals surface area contributed by atoms with E-state index in [1.54, 1.807) is 26.1 Å². The number of halogens is 4. The molecule has 1 aromatic carbocycles. The second-order valence-electron chi connectivity index (χ2n) is 7.22. The molecular formula is C18H23F4N3O5. The Morgan fingerprint density at radius 2 is 1.60 bits per heavy atom. The molecule has 1 atom stereocenters. The van der Waals surface area contributed by atoms with Crippen LogP contribution in [0.1, 0.15) is 39.2 Å². The summed E-state index contributed by atoms with van der Waals surface area (Å²) in [5, 5.41) is 6.09. The Kier molecular flexibility index (Phi) is 8.02. The molecule has 0 aromatic heterocycles. The largest absolute Gasteiger partial charge is 0.453 e. The van der Waals surface area contributed by atoms with Crippen LogP contribution in [-0.4, -0.2) is 43.5 Å². The van der Waals surface area contributed by atoms with Crippen molar-refractivity contribution in [1.82, 2.24) is 5.32 Å². The molecule has 0 spiro atoms. The van der Waals surface area contributed by atoms with Crippen molar-refractivity contribution >= 4 is 29.5 Å². The van der Waals surface area contributed by atoms with Gasteiger partial charge in [0.25, 0.3) is 0 Å². The summed E-state index contributed by atoms with van der Waals surface area (Å²) in [7, 11) is 1.05. The van der Waals surface area contributed by atoms with Crippen molar-refractivity contribution in [2.24, 2.45) is 0 Å². The Hall–Kier alpha value is -3.05. The molecule has 1 aromatic rings. The van der Waals surface area contributed by atoms with Gasteiger partial charge in [-0.1, -0.05) is 0 Å². The lowest BCUT2D eigenvalue weighted by atomic mass is 9.97. The van der Waals surface area contributed by atoms with Crippen LogP contribution in [0.3, 0.4) is 0 Å². The average molecular weight is 437 g/mol. The lowest BCUT2D eigenvalue weighted by Gasteiger charge is -2.22. The van der Waals surface area contributed by atoms with Crippen molar-refractivity contribution < 1.29 is 41.4 Å². The summed E-state index contributed by atoms with van der Waals surface area (Å²) in [6.07, 6.45) is -6.59.